The molecule has 8 heteroatoms. The van der Waals surface area contributed by atoms with E-state index in [2.05, 4.69) is 5.32 Å². The first kappa shape index (κ1) is 24.3. The zero-order chi connectivity index (χ0) is 24.0. The molecule has 0 aliphatic carbocycles. The molecule has 0 fully saturated rings. The number of amides is 1. The fraction of sp³-hybridized carbons (Fsp3) is 0.240. The quantitative estimate of drug-likeness (QED) is 0.475. The van der Waals surface area contributed by atoms with Crippen LogP contribution in [0, 0.1) is 19.7 Å². The molecule has 0 saturated heterocycles. The molecule has 33 heavy (non-hydrogen) atoms. The molecule has 1 amide bonds. The van der Waals surface area contributed by atoms with Crippen molar-refractivity contribution in [1.82, 2.24) is 5.32 Å². The number of sulfonamides is 1. The lowest BCUT2D eigenvalue weighted by Crippen LogP contribution is -2.30. The summed E-state index contributed by atoms with van der Waals surface area (Å²) < 4.78 is 45.5. The number of benzene rings is 3. The first-order valence-corrected chi connectivity index (χ1v) is 12.3. The smallest absolute Gasteiger partial charge is 0.251 e. The molecule has 0 unspecified atom stereocenters. The molecule has 0 bridgehead atoms. The predicted octanol–water partition coefficient (Wildman–Crippen LogP) is 4.22. The van der Waals surface area contributed by atoms with Gasteiger partial charge in [0.2, 0.25) is 10.0 Å². The molecule has 3 rings (SSSR count). The molecule has 3 aromatic carbocycles. The highest BCUT2D eigenvalue weighted by molar-refractivity contribution is 7.92. The van der Waals surface area contributed by atoms with Crippen molar-refractivity contribution in [2.45, 2.75) is 20.4 Å². The summed E-state index contributed by atoms with van der Waals surface area (Å²) in [6, 6.07) is 18.1. The Hall–Kier alpha value is -3.39. The summed E-state index contributed by atoms with van der Waals surface area (Å²) >= 11 is 0. The Morgan fingerprint density at radius 3 is 2.39 bits per heavy atom. The number of anilines is 1. The summed E-state index contributed by atoms with van der Waals surface area (Å²) in [4.78, 5) is 12.4. The largest absolute Gasteiger partial charge is 0.491 e. The number of carbonyl (C=O) groups excluding carboxylic acids is 1. The van der Waals surface area contributed by atoms with Crippen molar-refractivity contribution in [2.75, 3.05) is 23.7 Å². The summed E-state index contributed by atoms with van der Waals surface area (Å²) in [6.45, 7) is 4.43. The van der Waals surface area contributed by atoms with Gasteiger partial charge in [0.1, 0.15) is 18.2 Å². The summed E-state index contributed by atoms with van der Waals surface area (Å²) in [5, 5.41) is 2.78. The molecule has 0 aromatic heterocycles. The molecule has 0 aliphatic heterocycles. The highest BCUT2D eigenvalue weighted by atomic mass is 32.2. The molecule has 1 N–H and O–H groups in total. The number of aryl methyl sites for hydroxylation is 2. The molecule has 3 aromatic rings. The number of rotatable bonds is 9. The second-order valence-electron chi connectivity index (χ2n) is 7.78. The molecule has 0 aliphatic rings. The van der Waals surface area contributed by atoms with E-state index in [1.54, 1.807) is 12.1 Å². The van der Waals surface area contributed by atoms with Crippen molar-refractivity contribution >= 4 is 21.6 Å². The van der Waals surface area contributed by atoms with Crippen molar-refractivity contribution in [3.63, 3.8) is 0 Å². The van der Waals surface area contributed by atoms with Gasteiger partial charge in [-0.25, -0.2) is 12.8 Å². The minimum absolute atomic E-state index is 0.146. The van der Waals surface area contributed by atoms with Crippen LogP contribution in [0.3, 0.4) is 0 Å². The van der Waals surface area contributed by atoms with Crippen LogP contribution in [0.2, 0.25) is 0 Å². The lowest BCUT2D eigenvalue weighted by atomic mass is 10.1. The van der Waals surface area contributed by atoms with E-state index in [0.29, 0.717) is 24.4 Å². The highest BCUT2D eigenvalue weighted by Crippen LogP contribution is 2.22. The maximum Gasteiger partial charge on any atom is 0.251 e. The summed E-state index contributed by atoms with van der Waals surface area (Å²) in [7, 11) is -3.67. The topological polar surface area (TPSA) is 75.7 Å². The van der Waals surface area contributed by atoms with E-state index in [4.69, 9.17) is 4.74 Å². The number of ether oxygens (including phenoxy) is 1. The van der Waals surface area contributed by atoms with Crippen molar-refractivity contribution in [2.24, 2.45) is 0 Å². The summed E-state index contributed by atoms with van der Waals surface area (Å²) in [6.07, 6.45) is 1.06. The molecule has 0 spiro atoms. The van der Waals surface area contributed by atoms with E-state index in [-0.39, 0.29) is 18.0 Å². The number of halogens is 1. The zero-order valence-corrected chi connectivity index (χ0v) is 19.7. The fourth-order valence-corrected chi connectivity index (χ4v) is 4.13. The van der Waals surface area contributed by atoms with Gasteiger partial charge < -0.3 is 10.1 Å². The van der Waals surface area contributed by atoms with Gasteiger partial charge in [0.05, 0.1) is 25.0 Å². The SMILES string of the molecule is Cc1ccc(C)c(OCCNC(=O)c2ccc(N(Cc3ccccc3F)S(C)(=O)=O)cc2)c1. The van der Waals surface area contributed by atoms with Crippen molar-refractivity contribution in [1.29, 1.82) is 0 Å². The van der Waals surface area contributed by atoms with Crippen LogP contribution in [0.15, 0.2) is 66.7 Å². The van der Waals surface area contributed by atoms with E-state index in [1.807, 2.05) is 32.0 Å². The summed E-state index contributed by atoms with van der Waals surface area (Å²) in [5.41, 5.74) is 3.10. The Morgan fingerprint density at radius 2 is 1.73 bits per heavy atom. The van der Waals surface area contributed by atoms with Gasteiger partial charge in [-0.2, -0.15) is 0 Å². The summed E-state index contributed by atoms with van der Waals surface area (Å²) in [5.74, 6) is 0.000619. The third-order valence-corrected chi connectivity index (χ3v) is 6.22. The number of hydrogen-bond acceptors (Lipinski definition) is 4. The lowest BCUT2D eigenvalue weighted by Gasteiger charge is -2.23. The van der Waals surface area contributed by atoms with Crippen LogP contribution >= 0.6 is 0 Å². The van der Waals surface area contributed by atoms with E-state index in [0.717, 1.165) is 27.4 Å². The average molecular weight is 471 g/mol. The third kappa shape index (κ3) is 6.55. The van der Waals surface area contributed by atoms with E-state index < -0.39 is 15.8 Å². The van der Waals surface area contributed by atoms with E-state index in [1.165, 1.54) is 36.4 Å². The molecule has 0 heterocycles. The van der Waals surface area contributed by atoms with E-state index >= 15 is 0 Å². The van der Waals surface area contributed by atoms with Crippen LogP contribution in [0.25, 0.3) is 0 Å². The zero-order valence-electron chi connectivity index (χ0n) is 18.8. The van der Waals surface area contributed by atoms with Crippen molar-refractivity contribution in [3.8, 4) is 5.75 Å². The van der Waals surface area contributed by atoms with Gasteiger partial charge in [0.25, 0.3) is 5.91 Å². The van der Waals surface area contributed by atoms with Gasteiger partial charge >= 0.3 is 0 Å². The Labute approximate surface area is 194 Å². The Kier molecular flexibility index (Phi) is 7.71. The number of hydrogen-bond donors (Lipinski definition) is 1. The standard InChI is InChI=1S/C25H27FN2O4S/c1-18-8-9-19(2)24(16-18)32-15-14-27-25(29)20-10-12-22(13-11-20)28(33(3,30)31)17-21-6-4-5-7-23(21)26/h4-13,16H,14-15,17H2,1-3H3,(H,27,29). The Balaban J connectivity index is 1.62. The number of nitrogens with one attached hydrogen (secondary N) is 1. The van der Waals surface area contributed by atoms with Crippen LogP contribution in [-0.2, 0) is 16.6 Å². The van der Waals surface area contributed by atoms with Gasteiger partial charge in [-0.15, -0.1) is 0 Å². The molecular formula is C25H27FN2O4S. The minimum Gasteiger partial charge on any atom is -0.491 e. The van der Waals surface area contributed by atoms with Gasteiger partial charge in [0.15, 0.2) is 0 Å². The van der Waals surface area contributed by atoms with Gasteiger partial charge in [-0.1, -0.05) is 30.3 Å². The molecular weight excluding hydrogens is 443 g/mol. The highest BCUT2D eigenvalue weighted by Gasteiger charge is 2.20. The van der Waals surface area contributed by atoms with Gasteiger partial charge in [-0.3, -0.25) is 9.10 Å². The third-order valence-electron chi connectivity index (χ3n) is 5.08. The Bertz CT molecular complexity index is 1230. The fourth-order valence-electron chi connectivity index (χ4n) is 3.25. The molecule has 0 saturated carbocycles. The monoisotopic (exact) mass is 470 g/mol. The van der Waals surface area contributed by atoms with Gasteiger partial charge in [0, 0.05) is 11.1 Å². The molecule has 174 valence electrons. The van der Waals surface area contributed by atoms with Crippen LogP contribution in [0.4, 0.5) is 10.1 Å². The first-order chi connectivity index (χ1) is 15.6. The van der Waals surface area contributed by atoms with Gasteiger partial charge in [-0.05, 0) is 61.4 Å². The van der Waals surface area contributed by atoms with Crippen LogP contribution in [0.5, 0.6) is 5.75 Å². The normalized spacial score (nSPS) is 11.2. The maximum absolute atomic E-state index is 14.0. The van der Waals surface area contributed by atoms with Crippen molar-refractivity contribution in [3.05, 3.63) is 94.8 Å². The molecule has 0 atom stereocenters. The second-order valence-corrected chi connectivity index (χ2v) is 9.69. The Morgan fingerprint density at radius 1 is 1.03 bits per heavy atom. The molecule has 0 radical (unpaired) electrons. The number of carbonyl (C=O) groups is 1. The molecule has 6 nitrogen and oxygen atoms in total. The minimum atomic E-state index is -3.67. The maximum atomic E-state index is 14.0. The van der Waals surface area contributed by atoms with Crippen LogP contribution in [-0.4, -0.2) is 33.7 Å². The van der Waals surface area contributed by atoms with Crippen LogP contribution in [0.1, 0.15) is 27.0 Å². The van der Waals surface area contributed by atoms with Crippen LogP contribution < -0.4 is 14.4 Å². The first-order valence-electron chi connectivity index (χ1n) is 10.4. The van der Waals surface area contributed by atoms with E-state index in [9.17, 15) is 17.6 Å². The van der Waals surface area contributed by atoms with Crippen molar-refractivity contribution < 1.29 is 22.3 Å². The average Bonchev–Trinajstić information content (AvgIpc) is 2.77. The lowest BCUT2D eigenvalue weighted by molar-refractivity contribution is 0.0947. The second kappa shape index (κ2) is 10.5. The predicted molar refractivity (Wildman–Crippen MR) is 128 cm³/mol. The number of nitrogens with zero attached hydrogens (tertiary/aromatic N) is 1.